The van der Waals surface area contributed by atoms with Gasteiger partial charge in [0.25, 0.3) is 0 Å². The summed E-state index contributed by atoms with van der Waals surface area (Å²) in [6, 6.07) is 0.436. The predicted molar refractivity (Wildman–Crippen MR) is 79.6 cm³/mol. The van der Waals surface area contributed by atoms with Crippen LogP contribution in [0.25, 0.3) is 0 Å². The second-order valence-electron chi connectivity index (χ2n) is 5.13. The predicted octanol–water partition coefficient (Wildman–Crippen LogP) is 2.72. The lowest BCUT2D eigenvalue weighted by Gasteiger charge is -2.33. The summed E-state index contributed by atoms with van der Waals surface area (Å²) in [6.07, 6.45) is 3.63. The fourth-order valence-corrected chi connectivity index (χ4v) is 2.31. The van der Waals surface area contributed by atoms with Crippen molar-refractivity contribution in [3.05, 3.63) is 6.33 Å². The normalized spacial score (nSPS) is 11.1. The van der Waals surface area contributed by atoms with E-state index < -0.39 is 0 Å². The molecule has 108 valence electrons. The summed E-state index contributed by atoms with van der Waals surface area (Å²) in [7, 11) is 1.61. The highest BCUT2D eigenvalue weighted by molar-refractivity contribution is 5.63. The minimum atomic E-state index is 0.396. The molecule has 0 saturated heterocycles. The van der Waals surface area contributed by atoms with E-state index in [2.05, 4.69) is 42.6 Å². The molecule has 0 bridgehead atoms. The maximum Gasteiger partial charge on any atom is 0.204 e. The molecule has 2 N–H and O–H groups in total. The average Bonchev–Trinajstić information content (AvgIpc) is 2.38. The topological polar surface area (TPSA) is 64.3 Å². The Hall–Kier alpha value is -1.52. The zero-order valence-corrected chi connectivity index (χ0v) is 12.7. The first kappa shape index (κ1) is 15.5. The summed E-state index contributed by atoms with van der Waals surface area (Å²) in [4.78, 5) is 10.7. The van der Waals surface area contributed by atoms with E-state index in [0.717, 1.165) is 25.2 Å². The Morgan fingerprint density at radius 1 is 1.26 bits per heavy atom. The van der Waals surface area contributed by atoms with Gasteiger partial charge in [0.15, 0.2) is 11.6 Å². The molecule has 1 aromatic rings. The molecule has 1 heterocycles. The third-order valence-electron chi connectivity index (χ3n) is 3.23. The average molecular weight is 266 g/mol. The van der Waals surface area contributed by atoms with Gasteiger partial charge in [-0.3, -0.25) is 0 Å². The molecule has 5 heteroatoms. The Bertz CT molecular complexity index is 391. The Kier molecular flexibility index (Phi) is 5.86. The Balaban J connectivity index is 3.19. The van der Waals surface area contributed by atoms with Gasteiger partial charge < -0.3 is 15.4 Å². The summed E-state index contributed by atoms with van der Waals surface area (Å²) < 4.78 is 5.39. The van der Waals surface area contributed by atoms with Crippen LogP contribution in [0.2, 0.25) is 0 Å². The van der Waals surface area contributed by atoms with Crippen LogP contribution in [0.1, 0.15) is 40.5 Å². The highest BCUT2D eigenvalue weighted by Crippen LogP contribution is 2.32. The van der Waals surface area contributed by atoms with E-state index in [1.807, 2.05) is 0 Å². The van der Waals surface area contributed by atoms with Crippen LogP contribution >= 0.6 is 0 Å². The molecule has 0 aliphatic rings. The van der Waals surface area contributed by atoms with Crippen molar-refractivity contribution in [3.63, 3.8) is 0 Å². The number of nitrogens with two attached hydrogens (primary N) is 1. The fraction of sp³-hybridized carbons (Fsp3) is 0.714. The number of nitrogens with zero attached hydrogens (tertiary/aromatic N) is 3. The van der Waals surface area contributed by atoms with Gasteiger partial charge in [0.05, 0.1) is 7.11 Å². The molecule has 0 spiro atoms. The zero-order valence-electron chi connectivity index (χ0n) is 12.7. The first-order valence-corrected chi connectivity index (χ1v) is 6.96. The van der Waals surface area contributed by atoms with Crippen LogP contribution < -0.4 is 15.4 Å². The van der Waals surface area contributed by atoms with E-state index >= 15 is 0 Å². The van der Waals surface area contributed by atoms with Gasteiger partial charge in [-0.05, 0) is 18.8 Å². The Labute approximate surface area is 116 Å². The number of aromatic nitrogens is 2. The minimum Gasteiger partial charge on any atom is -0.490 e. The molecule has 19 heavy (non-hydrogen) atoms. The molecular weight excluding hydrogens is 240 g/mol. The monoisotopic (exact) mass is 266 g/mol. The van der Waals surface area contributed by atoms with E-state index in [0.29, 0.717) is 23.5 Å². The number of anilines is 2. The van der Waals surface area contributed by atoms with Crippen LogP contribution in [0.4, 0.5) is 11.6 Å². The molecule has 0 atom stereocenters. The van der Waals surface area contributed by atoms with E-state index in [4.69, 9.17) is 10.5 Å². The van der Waals surface area contributed by atoms with Crippen LogP contribution in [0.15, 0.2) is 6.33 Å². The second kappa shape index (κ2) is 7.16. The van der Waals surface area contributed by atoms with Crippen molar-refractivity contribution in [2.45, 2.75) is 46.6 Å². The SMILES string of the molecule is CCC(CC)N(CC(C)C)c1ncnc(N)c1OC. The third kappa shape index (κ3) is 3.72. The molecular formula is C14H26N4O. The first-order valence-electron chi connectivity index (χ1n) is 6.96. The molecule has 0 aliphatic carbocycles. The lowest BCUT2D eigenvalue weighted by Crippen LogP contribution is -2.38. The van der Waals surface area contributed by atoms with Crippen LogP contribution in [0.5, 0.6) is 5.75 Å². The van der Waals surface area contributed by atoms with Crippen molar-refractivity contribution in [2.24, 2.45) is 5.92 Å². The van der Waals surface area contributed by atoms with Crippen molar-refractivity contribution in [1.82, 2.24) is 9.97 Å². The van der Waals surface area contributed by atoms with Gasteiger partial charge in [0.1, 0.15) is 6.33 Å². The van der Waals surface area contributed by atoms with Gasteiger partial charge in [0, 0.05) is 12.6 Å². The Morgan fingerprint density at radius 3 is 2.37 bits per heavy atom. The maximum absolute atomic E-state index is 5.88. The number of hydrogen-bond donors (Lipinski definition) is 1. The summed E-state index contributed by atoms with van der Waals surface area (Å²) in [6.45, 7) is 9.72. The first-order chi connectivity index (χ1) is 9.04. The molecule has 5 nitrogen and oxygen atoms in total. The Morgan fingerprint density at radius 2 is 1.89 bits per heavy atom. The third-order valence-corrected chi connectivity index (χ3v) is 3.23. The lowest BCUT2D eigenvalue weighted by atomic mass is 10.1. The van der Waals surface area contributed by atoms with Crippen molar-refractivity contribution in [2.75, 3.05) is 24.3 Å². The summed E-state index contributed by atoms with van der Waals surface area (Å²) in [5.41, 5.74) is 5.88. The molecule has 0 fully saturated rings. The molecule has 0 aromatic carbocycles. The summed E-state index contributed by atoms with van der Waals surface area (Å²) in [5, 5.41) is 0. The lowest BCUT2D eigenvalue weighted by molar-refractivity contribution is 0.406. The second-order valence-corrected chi connectivity index (χ2v) is 5.13. The molecule has 0 amide bonds. The molecule has 0 unspecified atom stereocenters. The van der Waals surface area contributed by atoms with Crippen molar-refractivity contribution in [3.8, 4) is 5.75 Å². The van der Waals surface area contributed by atoms with Gasteiger partial charge in [-0.1, -0.05) is 27.7 Å². The van der Waals surface area contributed by atoms with E-state index in [9.17, 15) is 0 Å². The number of ether oxygens (including phenoxy) is 1. The highest BCUT2D eigenvalue weighted by Gasteiger charge is 2.23. The van der Waals surface area contributed by atoms with Crippen LogP contribution in [0.3, 0.4) is 0 Å². The van der Waals surface area contributed by atoms with Crippen LogP contribution in [0, 0.1) is 5.92 Å². The van der Waals surface area contributed by atoms with Gasteiger partial charge in [-0.25, -0.2) is 9.97 Å². The van der Waals surface area contributed by atoms with Crippen LogP contribution in [-0.2, 0) is 0 Å². The van der Waals surface area contributed by atoms with E-state index in [1.165, 1.54) is 6.33 Å². The van der Waals surface area contributed by atoms with Crippen molar-refractivity contribution in [1.29, 1.82) is 0 Å². The van der Waals surface area contributed by atoms with Gasteiger partial charge in [-0.2, -0.15) is 0 Å². The standard InChI is InChI=1S/C14H26N4O/c1-6-11(7-2)18(8-10(3)4)14-12(19-5)13(15)16-9-17-14/h9-11H,6-8H2,1-5H3,(H2,15,16,17). The smallest absolute Gasteiger partial charge is 0.204 e. The van der Waals surface area contributed by atoms with Crippen molar-refractivity contribution >= 4 is 11.6 Å². The molecule has 0 radical (unpaired) electrons. The molecule has 1 rings (SSSR count). The van der Waals surface area contributed by atoms with Gasteiger partial charge >= 0.3 is 0 Å². The number of nitrogen functional groups attached to an aromatic ring is 1. The molecule has 1 aromatic heterocycles. The maximum atomic E-state index is 5.88. The zero-order chi connectivity index (χ0) is 14.4. The summed E-state index contributed by atoms with van der Waals surface area (Å²) in [5.74, 6) is 2.32. The van der Waals surface area contributed by atoms with Gasteiger partial charge in [-0.15, -0.1) is 0 Å². The summed E-state index contributed by atoms with van der Waals surface area (Å²) >= 11 is 0. The number of rotatable bonds is 7. The van der Waals surface area contributed by atoms with Crippen LogP contribution in [-0.4, -0.2) is 29.7 Å². The van der Waals surface area contributed by atoms with Gasteiger partial charge in [0.2, 0.25) is 5.75 Å². The molecule has 0 saturated carbocycles. The van der Waals surface area contributed by atoms with Crippen molar-refractivity contribution < 1.29 is 4.74 Å². The van der Waals surface area contributed by atoms with E-state index in [-0.39, 0.29) is 0 Å². The molecule has 0 aliphatic heterocycles. The largest absolute Gasteiger partial charge is 0.490 e. The fourth-order valence-electron chi connectivity index (χ4n) is 2.31. The quantitative estimate of drug-likeness (QED) is 0.822. The highest BCUT2D eigenvalue weighted by atomic mass is 16.5. The minimum absolute atomic E-state index is 0.396. The number of hydrogen-bond acceptors (Lipinski definition) is 5. The number of methoxy groups -OCH3 is 1. The van der Waals surface area contributed by atoms with E-state index in [1.54, 1.807) is 7.11 Å².